The van der Waals surface area contributed by atoms with Crippen molar-refractivity contribution in [2.24, 2.45) is 5.92 Å². The van der Waals surface area contributed by atoms with E-state index in [0.717, 1.165) is 29.8 Å². The van der Waals surface area contributed by atoms with Gasteiger partial charge in [0.2, 0.25) is 5.91 Å². The number of aryl methyl sites for hydroxylation is 1. The second kappa shape index (κ2) is 10.0. The molecule has 2 aliphatic heterocycles. The van der Waals surface area contributed by atoms with Crippen LogP contribution in [-0.2, 0) is 14.3 Å². The third-order valence-electron chi connectivity index (χ3n) is 9.15. The van der Waals surface area contributed by atoms with Crippen molar-refractivity contribution >= 4 is 40.8 Å². The number of amides is 4. The average molecular weight is 609 g/mol. The van der Waals surface area contributed by atoms with Crippen molar-refractivity contribution in [1.82, 2.24) is 34.2 Å². The lowest BCUT2D eigenvalue weighted by molar-refractivity contribution is -0.144. The predicted molar refractivity (Wildman–Crippen MR) is 162 cm³/mol. The van der Waals surface area contributed by atoms with Crippen LogP contribution in [0.15, 0.2) is 43.1 Å². The molecule has 8 rings (SSSR count). The number of hydrogen-bond acceptors (Lipinski definition) is 10. The number of aromatic nitrogens is 6. The van der Waals surface area contributed by atoms with Crippen LogP contribution in [0, 0.1) is 12.8 Å². The minimum Gasteiger partial charge on any atom is -0.375 e. The van der Waals surface area contributed by atoms with Crippen molar-refractivity contribution in [2.45, 2.75) is 56.5 Å². The Morgan fingerprint density at radius 1 is 1.09 bits per heavy atom. The lowest BCUT2D eigenvalue weighted by Crippen LogP contribution is -2.64. The van der Waals surface area contributed by atoms with Gasteiger partial charge in [-0.05, 0) is 56.7 Å². The molecule has 4 fully saturated rings. The Morgan fingerprint density at radius 3 is 2.62 bits per heavy atom. The van der Waals surface area contributed by atoms with Crippen LogP contribution < -0.4 is 15.5 Å². The van der Waals surface area contributed by atoms with Crippen molar-refractivity contribution in [3.8, 4) is 0 Å². The van der Waals surface area contributed by atoms with E-state index in [0.29, 0.717) is 41.1 Å². The zero-order valence-corrected chi connectivity index (χ0v) is 25.1. The maximum absolute atomic E-state index is 13.4. The van der Waals surface area contributed by atoms with Crippen LogP contribution >= 0.6 is 0 Å². The lowest BCUT2D eigenvalue weighted by Gasteiger charge is -2.41. The van der Waals surface area contributed by atoms with Gasteiger partial charge in [0.05, 0.1) is 30.6 Å². The number of hydrogen-bond donors (Lipinski definition) is 2. The maximum atomic E-state index is 13.4. The van der Waals surface area contributed by atoms with E-state index in [-0.39, 0.29) is 48.9 Å². The largest absolute Gasteiger partial charge is 0.375 e. The first-order valence-electron chi connectivity index (χ1n) is 15.1. The first-order chi connectivity index (χ1) is 21.7. The summed E-state index contributed by atoms with van der Waals surface area (Å²) in [7, 11) is 1.51. The van der Waals surface area contributed by atoms with E-state index in [1.54, 1.807) is 17.2 Å². The molecule has 230 valence electrons. The van der Waals surface area contributed by atoms with Crippen LogP contribution in [-0.4, -0.2) is 77.9 Å². The summed E-state index contributed by atoms with van der Waals surface area (Å²) in [6, 6.07) is 4.86. The Morgan fingerprint density at radius 2 is 1.89 bits per heavy atom. The van der Waals surface area contributed by atoms with Gasteiger partial charge in [0.25, 0.3) is 5.91 Å². The molecular weight excluding hydrogens is 576 g/mol. The van der Waals surface area contributed by atoms with Crippen LogP contribution in [0.4, 0.5) is 22.1 Å². The third-order valence-corrected chi connectivity index (χ3v) is 9.15. The molecule has 45 heavy (non-hydrogen) atoms. The van der Waals surface area contributed by atoms with Gasteiger partial charge in [-0.2, -0.15) is 0 Å². The SMILES string of the molecule is Cc1ccnc([C@H]2C[C@@H]2C(=O)Nc2cc(N[C@H](C)c3cn4cc(C5CC5)cc(N5C(=O)N(C)C(=O)C56COC6)c4n3)ncn2)n1. The number of nitrogens with zero attached hydrogens (tertiary/aromatic N) is 8. The monoisotopic (exact) mass is 608 g/mol. The smallest absolute Gasteiger partial charge is 0.332 e. The highest BCUT2D eigenvalue weighted by atomic mass is 16.5. The summed E-state index contributed by atoms with van der Waals surface area (Å²) in [5, 5.41) is 6.26. The van der Waals surface area contributed by atoms with E-state index < -0.39 is 5.54 Å². The van der Waals surface area contributed by atoms with Crippen molar-refractivity contribution in [1.29, 1.82) is 0 Å². The van der Waals surface area contributed by atoms with Gasteiger partial charge < -0.3 is 19.8 Å². The molecule has 1 spiro atoms. The standard InChI is InChI=1S/C31H32N10O4/c1-16-6-7-32-26(35-16)20-9-21(20)28(42)38-25-10-24(33-15-34-25)36-17(2)22-12-40-11-19(18-4-5-18)8-23(27(40)37-22)41-30(44)39(3)29(43)31(41)13-45-14-31/h6-8,10-12,15,17-18,20-21H,4-5,9,13-14H2,1-3H3,(H2,33,34,36,38,42)/t17-,20+,21+/m1/s1. The van der Waals surface area contributed by atoms with Gasteiger partial charge in [0.1, 0.15) is 23.8 Å². The molecule has 6 heterocycles. The Labute approximate surface area is 258 Å². The summed E-state index contributed by atoms with van der Waals surface area (Å²) in [4.78, 5) is 64.5. The van der Waals surface area contributed by atoms with E-state index >= 15 is 0 Å². The van der Waals surface area contributed by atoms with E-state index in [1.165, 1.54) is 18.3 Å². The second-order valence-corrected chi connectivity index (χ2v) is 12.5. The van der Waals surface area contributed by atoms with Gasteiger partial charge in [0, 0.05) is 49.2 Å². The molecular formula is C31H32N10O4. The van der Waals surface area contributed by atoms with Crippen molar-refractivity contribution in [3.63, 3.8) is 0 Å². The number of urea groups is 1. The number of anilines is 3. The van der Waals surface area contributed by atoms with E-state index in [2.05, 4.69) is 36.8 Å². The average Bonchev–Trinajstić information content (AvgIpc) is 3.93. The molecule has 4 aliphatic rings. The molecule has 3 atom stereocenters. The Hall–Kier alpha value is -4.98. The highest BCUT2D eigenvalue weighted by Gasteiger charge is 2.62. The minimum absolute atomic E-state index is 0.00536. The molecule has 0 bridgehead atoms. The summed E-state index contributed by atoms with van der Waals surface area (Å²) < 4.78 is 7.39. The fraction of sp³-hybridized carbons (Fsp3) is 0.419. The normalized spacial score (nSPS) is 22.6. The number of rotatable bonds is 8. The van der Waals surface area contributed by atoms with Gasteiger partial charge >= 0.3 is 6.03 Å². The summed E-state index contributed by atoms with van der Waals surface area (Å²) in [5.41, 5.74) is 2.84. The first kappa shape index (κ1) is 27.6. The lowest BCUT2D eigenvalue weighted by atomic mass is 9.95. The summed E-state index contributed by atoms with van der Waals surface area (Å²) in [6.45, 7) is 4.17. The van der Waals surface area contributed by atoms with Crippen molar-refractivity contribution in [2.75, 3.05) is 35.8 Å². The topological polar surface area (TPSA) is 160 Å². The van der Waals surface area contributed by atoms with Gasteiger partial charge in [-0.3, -0.25) is 19.4 Å². The van der Waals surface area contributed by atoms with Gasteiger partial charge in [0.15, 0.2) is 11.2 Å². The fourth-order valence-electron chi connectivity index (χ4n) is 6.28. The van der Waals surface area contributed by atoms with E-state index in [4.69, 9.17) is 9.72 Å². The van der Waals surface area contributed by atoms with Gasteiger partial charge in [-0.1, -0.05) is 0 Å². The number of pyridine rings is 1. The van der Waals surface area contributed by atoms with E-state index in [1.807, 2.05) is 36.6 Å². The summed E-state index contributed by atoms with van der Waals surface area (Å²) >= 11 is 0. The predicted octanol–water partition coefficient (Wildman–Crippen LogP) is 3.18. The number of imidazole rings is 1. The van der Waals surface area contributed by atoms with Gasteiger partial charge in [-0.15, -0.1) is 0 Å². The zero-order chi connectivity index (χ0) is 31.0. The zero-order valence-electron chi connectivity index (χ0n) is 25.1. The molecule has 4 aromatic heterocycles. The number of ether oxygens (including phenoxy) is 1. The number of imide groups is 1. The van der Waals surface area contributed by atoms with Crippen LogP contribution in [0.3, 0.4) is 0 Å². The third kappa shape index (κ3) is 4.58. The molecule has 4 aromatic rings. The van der Waals surface area contributed by atoms with Crippen LogP contribution in [0.2, 0.25) is 0 Å². The quantitative estimate of drug-likeness (QED) is 0.284. The van der Waals surface area contributed by atoms with Crippen molar-refractivity contribution in [3.05, 3.63) is 65.9 Å². The highest BCUT2D eigenvalue weighted by Crippen LogP contribution is 2.47. The number of likely N-dealkylation sites (N-methyl/N-ethyl adjacent to an activating group) is 1. The maximum Gasteiger partial charge on any atom is 0.332 e. The van der Waals surface area contributed by atoms with Crippen LogP contribution in [0.25, 0.3) is 5.65 Å². The molecule has 0 aromatic carbocycles. The number of carbonyl (C=O) groups is 3. The second-order valence-electron chi connectivity index (χ2n) is 12.5. The van der Waals surface area contributed by atoms with Crippen molar-refractivity contribution < 1.29 is 19.1 Å². The molecule has 14 heteroatoms. The summed E-state index contributed by atoms with van der Waals surface area (Å²) in [5.74, 6) is 1.43. The van der Waals surface area contributed by atoms with Crippen LogP contribution in [0.1, 0.15) is 66.8 Å². The number of nitrogens with one attached hydrogen (secondary N) is 2. The van der Waals surface area contributed by atoms with Gasteiger partial charge in [-0.25, -0.2) is 29.7 Å². The molecule has 2 saturated heterocycles. The summed E-state index contributed by atoms with van der Waals surface area (Å²) in [6.07, 6.45) is 9.97. The number of carbonyl (C=O) groups excluding carboxylic acids is 3. The van der Waals surface area contributed by atoms with E-state index in [9.17, 15) is 14.4 Å². The molecule has 2 aliphatic carbocycles. The first-order valence-corrected chi connectivity index (χ1v) is 15.1. The molecule has 0 unspecified atom stereocenters. The Kier molecular flexibility index (Phi) is 6.14. The van der Waals surface area contributed by atoms with Crippen LogP contribution in [0.5, 0.6) is 0 Å². The molecule has 0 radical (unpaired) electrons. The Bertz CT molecular complexity index is 1880. The Balaban J connectivity index is 1.03. The molecule has 14 nitrogen and oxygen atoms in total. The molecule has 4 amide bonds. The number of fused-ring (bicyclic) bond motifs is 1. The fourth-order valence-corrected chi connectivity index (χ4v) is 6.28. The molecule has 2 N–H and O–H groups in total. The minimum atomic E-state index is -1.04. The highest BCUT2D eigenvalue weighted by molar-refractivity contribution is 6.18. The molecule has 2 saturated carbocycles.